The highest BCUT2D eigenvalue weighted by Gasteiger charge is 2.29. The number of fused-ring (bicyclic) bond motifs is 1. The van der Waals surface area contributed by atoms with Crippen LogP contribution in [0.4, 0.5) is 5.95 Å². The highest BCUT2D eigenvalue weighted by Crippen LogP contribution is 2.30. The van der Waals surface area contributed by atoms with Crippen LogP contribution in [-0.4, -0.2) is 46.2 Å². The maximum absolute atomic E-state index is 12.2. The summed E-state index contributed by atoms with van der Waals surface area (Å²) in [6.07, 6.45) is 6.60. The van der Waals surface area contributed by atoms with Gasteiger partial charge < -0.3 is 21.1 Å². The molecule has 1 aromatic heterocycles. The Labute approximate surface area is 149 Å². The predicted octanol–water partition coefficient (Wildman–Crippen LogP) is 0.916. The van der Waals surface area contributed by atoms with Crippen LogP contribution in [0, 0.1) is 5.92 Å². The number of aliphatic hydroxyl groups is 1. The van der Waals surface area contributed by atoms with Crippen molar-refractivity contribution in [3.8, 4) is 0 Å². The first-order chi connectivity index (χ1) is 11.9. The molecule has 0 aromatic carbocycles. The van der Waals surface area contributed by atoms with Crippen LogP contribution in [0.3, 0.4) is 0 Å². The van der Waals surface area contributed by atoms with Crippen molar-refractivity contribution in [1.29, 1.82) is 0 Å². The summed E-state index contributed by atoms with van der Waals surface area (Å²) in [5.74, 6) is 1.01. The van der Waals surface area contributed by atoms with Gasteiger partial charge in [0.1, 0.15) is 0 Å². The van der Waals surface area contributed by atoms with Crippen molar-refractivity contribution in [2.24, 2.45) is 11.7 Å². The Morgan fingerprint density at radius 1 is 1.40 bits per heavy atom. The number of aryl methyl sites for hydroxylation is 1. The Kier molecular flexibility index (Phi) is 5.24. The number of hydrogen-bond acceptors (Lipinski definition) is 6. The van der Waals surface area contributed by atoms with E-state index in [1.165, 1.54) is 0 Å². The molecule has 7 nitrogen and oxygen atoms in total. The Balaban J connectivity index is 1.73. The van der Waals surface area contributed by atoms with E-state index in [4.69, 9.17) is 10.7 Å². The van der Waals surface area contributed by atoms with E-state index >= 15 is 0 Å². The van der Waals surface area contributed by atoms with Crippen LogP contribution in [0.1, 0.15) is 56.8 Å². The van der Waals surface area contributed by atoms with Crippen molar-refractivity contribution in [1.82, 2.24) is 15.3 Å². The maximum atomic E-state index is 12.2. The van der Waals surface area contributed by atoms with Crippen molar-refractivity contribution in [2.45, 2.75) is 57.5 Å². The molecule has 1 aliphatic heterocycles. The van der Waals surface area contributed by atoms with Crippen molar-refractivity contribution in [3.05, 3.63) is 17.5 Å². The van der Waals surface area contributed by atoms with Gasteiger partial charge >= 0.3 is 0 Å². The van der Waals surface area contributed by atoms with Gasteiger partial charge in [0.2, 0.25) is 11.9 Å². The molecule has 138 valence electrons. The van der Waals surface area contributed by atoms with Crippen LogP contribution < -0.4 is 16.0 Å². The zero-order valence-corrected chi connectivity index (χ0v) is 15.2. The molecule has 0 saturated carbocycles. The topological polar surface area (TPSA) is 104 Å². The summed E-state index contributed by atoms with van der Waals surface area (Å²) in [6, 6.07) is -0.0618. The molecule has 1 fully saturated rings. The smallest absolute Gasteiger partial charge is 0.239 e. The van der Waals surface area contributed by atoms with Crippen LogP contribution in [0.15, 0.2) is 6.20 Å². The monoisotopic (exact) mass is 347 g/mol. The maximum Gasteiger partial charge on any atom is 0.239 e. The molecule has 0 bridgehead atoms. The number of nitrogens with zero attached hydrogens (tertiary/aromatic N) is 3. The molecule has 4 N–H and O–H groups in total. The van der Waals surface area contributed by atoms with E-state index in [9.17, 15) is 9.90 Å². The summed E-state index contributed by atoms with van der Waals surface area (Å²) in [7, 11) is 0. The zero-order valence-electron chi connectivity index (χ0n) is 15.2. The van der Waals surface area contributed by atoms with E-state index in [0.717, 1.165) is 62.4 Å². The molecule has 7 heteroatoms. The zero-order chi connectivity index (χ0) is 18.0. The van der Waals surface area contributed by atoms with Crippen molar-refractivity contribution in [3.63, 3.8) is 0 Å². The van der Waals surface area contributed by atoms with Crippen molar-refractivity contribution >= 4 is 11.9 Å². The van der Waals surface area contributed by atoms with Gasteiger partial charge in [-0.1, -0.05) is 0 Å². The SMILES string of the molecule is CC(C)(N)C(=O)N[C@@H]1CCCc2nc(N3CCC(CO)CC3)ncc21. The summed E-state index contributed by atoms with van der Waals surface area (Å²) in [5.41, 5.74) is 7.04. The molecule has 1 saturated heterocycles. The fraction of sp³-hybridized carbons (Fsp3) is 0.722. The third-order valence-electron chi connectivity index (χ3n) is 5.22. The molecule has 0 radical (unpaired) electrons. The first kappa shape index (κ1) is 18.1. The third-order valence-corrected chi connectivity index (χ3v) is 5.22. The van der Waals surface area contributed by atoms with Gasteiger partial charge in [-0.15, -0.1) is 0 Å². The molecule has 0 unspecified atom stereocenters. The Morgan fingerprint density at radius 2 is 2.12 bits per heavy atom. The molecule has 1 atom stereocenters. The van der Waals surface area contributed by atoms with Crippen LogP contribution in [-0.2, 0) is 11.2 Å². The van der Waals surface area contributed by atoms with E-state index in [1.807, 2.05) is 6.20 Å². The first-order valence-corrected chi connectivity index (χ1v) is 9.20. The number of aliphatic hydroxyl groups excluding tert-OH is 1. The first-order valence-electron chi connectivity index (χ1n) is 9.20. The lowest BCUT2D eigenvalue weighted by molar-refractivity contribution is -0.126. The van der Waals surface area contributed by atoms with E-state index in [2.05, 4.69) is 15.2 Å². The number of hydrogen-bond donors (Lipinski definition) is 3. The van der Waals surface area contributed by atoms with E-state index in [0.29, 0.717) is 5.92 Å². The molecule has 25 heavy (non-hydrogen) atoms. The number of amides is 1. The molecule has 2 heterocycles. The number of piperidine rings is 1. The van der Waals surface area contributed by atoms with Gasteiger partial charge in [0, 0.05) is 31.5 Å². The lowest BCUT2D eigenvalue weighted by Crippen LogP contribution is -2.50. The Bertz CT molecular complexity index is 620. The molecule has 2 aliphatic rings. The second-order valence-corrected chi connectivity index (χ2v) is 7.83. The predicted molar refractivity (Wildman–Crippen MR) is 96.1 cm³/mol. The number of rotatable bonds is 4. The Morgan fingerprint density at radius 3 is 2.76 bits per heavy atom. The van der Waals surface area contributed by atoms with E-state index < -0.39 is 5.54 Å². The average Bonchev–Trinajstić information content (AvgIpc) is 2.61. The van der Waals surface area contributed by atoms with Crippen LogP contribution >= 0.6 is 0 Å². The van der Waals surface area contributed by atoms with Gasteiger partial charge in [-0.2, -0.15) is 0 Å². The highest BCUT2D eigenvalue weighted by atomic mass is 16.3. The number of nitrogens with two attached hydrogens (primary N) is 1. The second-order valence-electron chi connectivity index (χ2n) is 7.83. The molecule has 1 aromatic rings. The fourth-order valence-corrected chi connectivity index (χ4v) is 3.50. The molecular weight excluding hydrogens is 318 g/mol. The highest BCUT2D eigenvalue weighted by molar-refractivity contribution is 5.85. The minimum absolute atomic E-state index is 0.0618. The number of carbonyl (C=O) groups is 1. The summed E-state index contributed by atoms with van der Waals surface area (Å²) >= 11 is 0. The van der Waals surface area contributed by atoms with Gasteiger partial charge in [0.15, 0.2) is 0 Å². The Hall–Kier alpha value is -1.73. The van der Waals surface area contributed by atoms with Crippen molar-refractivity contribution in [2.75, 3.05) is 24.6 Å². The van der Waals surface area contributed by atoms with Crippen LogP contribution in [0.2, 0.25) is 0 Å². The lowest BCUT2D eigenvalue weighted by Gasteiger charge is -2.33. The fourth-order valence-electron chi connectivity index (χ4n) is 3.50. The molecule has 1 amide bonds. The normalized spacial score (nSPS) is 21.8. The minimum Gasteiger partial charge on any atom is -0.396 e. The van der Waals surface area contributed by atoms with Gasteiger partial charge in [0.05, 0.1) is 17.3 Å². The number of nitrogens with one attached hydrogen (secondary N) is 1. The number of anilines is 1. The van der Waals surface area contributed by atoms with Gasteiger partial charge in [-0.3, -0.25) is 4.79 Å². The minimum atomic E-state index is -0.893. The number of carbonyl (C=O) groups excluding carboxylic acids is 1. The van der Waals surface area contributed by atoms with Gasteiger partial charge in [0.25, 0.3) is 0 Å². The van der Waals surface area contributed by atoms with E-state index in [-0.39, 0.29) is 18.6 Å². The number of aromatic nitrogens is 2. The molecule has 0 spiro atoms. The van der Waals surface area contributed by atoms with Crippen LogP contribution in [0.25, 0.3) is 0 Å². The van der Waals surface area contributed by atoms with Gasteiger partial charge in [-0.05, 0) is 51.9 Å². The quantitative estimate of drug-likeness (QED) is 0.748. The van der Waals surface area contributed by atoms with Crippen molar-refractivity contribution < 1.29 is 9.90 Å². The van der Waals surface area contributed by atoms with E-state index in [1.54, 1.807) is 13.8 Å². The second kappa shape index (κ2) is 7.25. The third kappa shape index (κ3) is 4.10. The largest absolute Gasteiger partial charge is 0.396 e. The lowest BCUT2D eigenvalue weighted by atomic mass is 9.91. The summed E-state index contributed by atoms with van der Waals surface area (Å²) in [6.45, 7) is 5.44. The summed E-state index contributed by atoms with van der Waals surface area (Å²) in [5, 5.41) is 12.3. The standard InChI is InChI=1S/C18H29N5O2/c1-18(2,19)16(25)21-14-4-3-5-15-13(14)10-20-17(22-15)23-8-6-12(11-24)7-9-23/h10,12,14,24H,3-9,11,19H2,1-2H3,(H,21,25)/t14-/m1/s1. The summed E-state index contributed by atoms with van der Waals surface area (Å²) < 4.78 is 0. The van der Waals surface area contributed by atoms with Gasteiger partial charge in [-0.25, -0.2) is 9.97 Å². The average molecular weight is 347 g/mol. The van der Waals surface area contributed by atoms with Crippen LogP contribution in [0.5, 0.6) is 0 Å². The summed E-state index contributed by atoms with van der Waals surface area (Å²) in [4.78, 5) is 23.7. The molecule has 3 rings (SSSR count). The molecule has 1 aliphatic carbocycles. The molecular formula is C18H29N5O2.